The smallest absolute Gasteiger partial charge is 0.0736 e. The van der Waals surface area contributed by atoms with E-state index in [0.717, 1.165) is 50.4 Å². The summed E-state index contributed by atoms with van der Waals surface area (Å²) in [6.07, 6.45) is 6.28. The zero-order chi connectivity index (χ0) is 23.4. The van der Waals surface area contributed by atoms with Crippen LogP contribution in [0.2, 0.25) is 0 Å². The molecule has 5 heterocycles. The second-order valence-corrected chi connectivity index (χ2v) is 9.21. The molecule has 4 nitrogen and oxygen atoms in total. The number of aryl methyl sites for hydroxylation is 1. The number of benzene rings is 1. The number of fused-ring (bicyclic) bond motifs is 8. The van der Waals surface area contributed by atoms with Gasteiger partial charge < -0.3 is 9.97 Å². The van der Waals surface area contributed by atoms with Crippen LogP contribution in [0.5, 0.6) is 0 Å². The van der Waals surface area contributed by atoms with Gasteiger partial charge >= 0.3 is 0 Å². The lowest BCUT2D eigenvalue weighted by Crippen LogP contribution is -1.98. The highest BCUT2D eigenvalue weighted by Crippen LogP contribution is 2.34. The molecule has 8 bridgehead atoms. The summed E-state index contributed by atoms with van der Waals surface area (Å²) in [6.45, 7) is 8.81. The molecule has 2 aliphatic heterocycles. The molecule has 3 aromatic heterocycles. The molecule has 0 saturated heterocycles. The Morgan fingerprint density at radius 2 is 1.12 bits per heavy atom. The maximum atomic E-state index is 5.03. The lowest BCUT2D eigenvalue weighted by atomic mass is 9.90. The lowest BCUT2D eigenvalue weighted by Gasteiger charge is -2.15. The third kappa shape index (κ3) is 3.57. The number of nitrogens with one attached hydrogen (secondary N) is 2. The summed E-state index contributed by atoms with van der Waals surface area (Å²) in [5.74, 6) is 0. The van der Waals surface area contributed by atoms with Gasteiger partial charge in [-0.1, -0.05) is 6.07 Å². The zero-order valence-electron chi connectivity index (χ0n) is 19.8. The van der Waals surface area contributed by atoms with E-state index in [9.17, 15) is 0 Å². The van der Waals surface area contributed by atoms with Gasteiger partial charge in [0.05, 0.1) is 22.8 Å². The number of H-pyrrole nitrogens is 2. The Hall–Kier alpha value is -4.18. The van der Waals surface area contributed by atoms with Crippen LogP contribution in [0, 0.1) is 27.7 Å². The molecule has 0 atom stereocenters. The number of aromatic amines is 2. The van der Waals surface area contributed by atoms with Crippen LogP contribution in [0.3, 0.4) is 0 Å². The molecule has 1 aromatic carbocycles. The van der Waals surface area contributed by atoms with Crippen molar-refractivity contribution in [2.75, 3.05) is 0 Å². The van der Waals surface area contributed by atoms with Crippen molar-refractivity contribution in [2.45, 2.75) is 27.7 Å². The summed E-state index contributed by atoms with van der Waals surface area (Å²) in [4.78, 5) is 16.7. The molecule has 0 saturated carbocycles. The fourth-order valence-corrected chi connectivity index (χ4v) is 4.72. The average Bonchev–Trinajstić information content (AvgIpc) is 3.60. The summed E-state index contributed by atoms with van der Waals surface area (Å²) in [6, 6.07) is 19.0. The van der Waals surface area contributed by atoms with Crippen LogP contribution >= 0.6 is 0 Å². The molecule has 6 rings (SSSR count). The number of nitrogens with zero attached hydrogens (tertiary/aromatic N) is 2. The van der Waals surface area contributed by atoms with Gasteiger partial charge in [0, 0.05) is 27.6 Å². The van der Waals surface area contributed by atoms with Crippen molar-refractivity contribution in [1.82, 2.24) is 19.9 Å². The lowest BCUT2D eigenvalue weighted by molar-refractivity contribution is 1.20. The van der Waals surface area contributed by atoms with E-state index in [2.05, 4.69) is 98.3 Å². The van der Waals surface area contributed by atoms with Crippen molar-refractivity contribution in [2.24, 2.45) is 0 Å². The van der Waals surface area contributed by atoms with E-state index >= 15 is 0 Å². The average molecular weight is 443 g/mol. The molecule has 34 heavy (non-hydrogen) atoms. The van der Waals surface area contributed by atoms with E-state index in [1.807, 2.05) is 12.2 Å². The van der Waals surface area contributed by atoms with Crippen LogP contribution in [0.1, 0.15) is 50.6 Å². The van der Waals surface area contributed by atoms with Gasteiger partial charge in [-0.2, -0.15) is 0 Å². The molecule has 0 aliphatic carbocycles. The van der Waals surface area contributed by atoms with Crippen molar-refractivity contribution in [3.05, 3.63) is 105 Å². The van der Waals surface area contributed by atoms with E-state index in [4.69, 9.17) is 9.97 Å². The Labute approximate surface area is 198 Å². The molecular formula is C30H26N4. The van der Waals surface area contributed by atoms with Gasteiger partial charge in [0.1, 0.15) is 0 Å². The van der Waals surface area contributed by atoms with E-state index in [-0.39, 0.29) is 0 Å². The van der Waals surface area contributed by atoms with Crippen molar-refractivity contribution in [3.8, 4) is 0 Å². The fraction of sp³-hybridized carbons (Fsp3) is 0.133. The minimum absolute atomic E-state index is 0.931. The Kier molecular flexibility index (Phi) is 4.63. The van der Waals surface area contributed by atoms with Gasteiger partial charge in [0.15, 0.2) is 0 Å². The Morgan fingerprint density at radius 3 is 1.74 bits per heavy atom. The zero-order valence-corrected chi connectivity index (χ0v) is 19.8. The van der Waals surface area contributed by atoms with Crippen LogP contribution in [-0.2, 0) is 0 Å². The van der Waals surface area contributed by atoms with Crippen molar-refractivity contribution < 1.29 is 0 Å². The molecule has 0 spiro atoms. The molecule has 0 radical (unpaired) electrons. The van der Waals surface area contributed by atoms with E-state index in [1.54, 1.807) is 0 Å². The second-order valence-electron chi connectivity index (χ2n) is 9.21. The predicted octanol–water partition coefficient (Wildman–Crippen LogP) is 7.31. The standard InChI is InChI=1S/C30H26N4/c1-17-11-28(20(4)19(3)18(17)2)29-15-27-14-25-8-7-23(32-25)12-21-5-6-22(31-21)13-24-9-10-26(33-24)16-30(29)34-27/h5-16,32-33H,1-4H3. The number of rotatable bonds is 1. The summed E-state index contributed by atoms with van der Waals surface area (Å²) < 4.78 is 0. The van der Waals surface area contributed by atoms with Gasteiger partial charge in [-0.05, 0) is 122 Å². The molecule has 0 amide bonds. The van der Waals surface area contributed by atoms with Gasteiger partial charge in [0.25, 0.3) is 0 Å². The SMILES string of the molecule is Cc1cc(C2=Cc3cc4ccc(cc5nc(cc6ccc(cc2n3)[nH]6)C=C5)[nH]4)c(C)c(C)c1C. The topological polar surface area (TPSA) is 57.4 Å². The molecule has 0 fully saturated rings. The predicted molar refractivity (Wildman–Crippen MR) is 142 cm³/mol. The second kappa shape index (κ2) is 7.70. The highest BCUT2D eigenvalue weighted by molar-refractivity contribution is 5.95. The molecule has 4 heteroatoms. The number of aromatic nitrogens is 4. The van der Waals surface area contributed by atoms with Gasteiger partial charge in [-0.3, -0.25) is 0 Å². The van der Waals surface area contributed by atoms with Crippen LogP contribution in [0.4, 0.5) is 0 Å². The monoisotopic (exact) mass is 442 g/mol. The quantitative estimate of drug-likeness (QED) is 0.280. The van der Waals surface area contributed by atoms with E-state index in [1.165, 1.54) is 27.8 Å². The third-order valence-corrected chi connectivity index (χ3v) is 6.94. The summed E-state index contributed by atoms with van der Waals surface area (Å²) in [5.41, 5.74) is 15.5. The Balaban J connectivity index is 1.65. The minimum atomic E-state index is 0.931. The van der Waals surface area contributed by atoms with Gasteiger partial charge in [-0.25, -0.2) is 9.97 Å². The Bertz CT molecular complexity index is 1690. The maximum Gasteiger partial charge on any atom is 0.0736 e. The molecule has 2 N–H and O–H groups in total. The van der Waals surface area contributed by atoms with Gasteiger partial charge in [-0.15, -0.1) is 0 Å². The van der Waals surface area contributed by atoms with Crippen LogP contribution in [0.15, 0.2) is 54.6 Å². The molecular weight excluding hydrogens is 416 g/mol. The van der Waals surface area contributed by atoms with Crippen LogP contribution in [0.25, 0.3) is 45.9 Å². The van der Waals surface area contributed by atoms with Gasteiger partial charge in [0.2, 0.25) is 0 Å². The van der Waals surface area contributed by atoms with E-state index < -0.39 is 0 Å². The fourth-order valence-electron chi connectivity index (χ4n) is 4.72. The first-order valence-corrected chi connectivity index (χ1v) is 11.6. The van der Waals surface area contributed by atoms with Crippen molar-refractivity contribution >= 4 is 45.9 Å². The molecule has 2 aliphatic rings. The summed E-state index contributed by atoms with van der Waals surface area (Å²) >= 11 is 0. The summed E-state index contributed by atoms with van der Waals surface area (Å²) in [7, 11) is 0. The maximum absolute atomic E-state index is 5.03. The first kappa shape index (κ1) is 20.4. The molecule has 0 unspecified atom stereocenters. The third-order valence-electron chi connectivity index (χ3n) is 6.94. The normalized spacial score (nSPS) is 12.8. The van der Waals surface area contributed by atoms with Crippen molar-refractivity contribution in [3.63, 3.8) is 0 Å². The number of hydrogen-bond acceptors (Lipinski definition) is 2. The molecule has 4 aromatic rings. The van der Waals surface area contributed by atoms with E-state index in [0.29, 0.717) is 0 Å². The van der Waals surface area contributed by atoms with Crippen LogP contribution in [-0.4, -0.2) is 19.9 Å². The summed E-state index contributed by atoms with van der Waals surface area (Å²) in [5, 5.41) is 0. The highest BCUT2D eigenvalue weighted by atomic mass is 14.8. The first-order valence-electron chi connectivity index (χ1n) is 11.6. The highest BCUT2D eigenvalue weighted by Gasteiger charge is 2.17. The first-order chi connectivity index (χ1) is 16.4. The number of hydrogen-bond donors (Lipinski definition) is 2. The Morgan fingerprint density at radius 1 is 0.559 bits per heavy atom. The van der Waals surface area contributed by atoms with Crippen molar-refractivity contribution in [1.29, 1.82) is 0 Å². The molecule has 166 valence electrons. The largest absolute Gasteiger partial charge is 0.355 e. The minimum Gasteiger partial charge on any atom is -0.355 e. The van der Waals surface area contributed by atoms with Crippen LogP contribution < -0.4 is 0 Å².